The Morgan fingerprint density at radius 2 is 1.68 bits per heavy atom. The molecule has 0 radical (unpaired) electrons. The lowest BCUT2D eigenvalue weighted by Gasteiger charge is -2.12. The van der Waals surface area contributed by atoms with Gasteiger partial charge in [0.15, 0.2) is 0 Å². The van der Waals surface area contributed by atoms with Crippen molar-refractivity contribution in [3.8, 4) is 0 Å². The van der Waals surface area contributed by atoms with E-state index in [4.69, 9.17) is 0 Å². The molecule has 0 atom stereocenters. The second-order valence-corrected chi connectivity index (χ2v) is 6.09. The van der Waals surface area contributed by atoms with Crippen LogP contribution in [0.15, 0.2) is 48.5 Å². The maximum atomic E-state index is 12.3. The number of anilines is 1. The predicted octanol–water partition coefficient (Wildman–Crippen LogP) is 3.68. The highest BCUT2D eigenvalue weighted by atomic mass is 16.1. The van der Waals surface area contributed by atoms with Crippen molar-refractivity contribution >= 4 is 17.5 Å². The predicted molar refractivity (Wildman–Crippen MR) is 92.4 cm³/mol. The molecule has 0 fully saturated rings. The fraction of sp³-hybridized carbons (Fsp3) is 0.250. The summed E-state index contributed by atoms with van der Waals surface area (Å²) in [6.07, 6.45) is 6.34. The summed E-state index contributed by atoms with van der Waals surface area (Å²) in [5.74, 6) is 0.263. The van der Waals surface area contributed by atoms with E-state index in [1.165, 1.54) is 11.1 Å². The summed E-state index contributed by atoms with van der Waals surface area (Å²) < 4.78 is 0. The maximum Gasteiger partial charge on any atom is 0.141 e. The molecular weight excluding hydrogens is 270 g/mol. The number of rotatable bonds is 5. The topological polar surface area (TPSA) is 20.3 Å². The molecule has 22 heavy (non-hydrogen) atoms. The molecule has 112 valence electrons. The van der Waals surface area contributed by atoms with Crippen molar-refractivity contribution in [2.75, 3.05) is 19.0 Å². The molecule has 2 heteroatoms. The number of hydrogen-bond donors (Lipinski definition) is 0. The maximum absolute atomic E-state index is 12.3. The Kier molecular flexibility index (Phi) is 4.10. The molecule has 0 saturated carbocycles. The summed E-state index contributed by atoms with van der Waals surface area (Å²) in [6, 6.07) is 14.6. The van der Waals surface area contributed by atoms with E-state index in [2.05, 4.69) is 47.4 Å². The van der Waals surface area contributed by atoms with E-state index in [1.54, 1.807) is 0 Å². The van der Waals surface area contributed by atoms with E-state index in [9.17, 15) is 4.79 Å². The van der Waals surface area contributed by atoms with Gasteiger partial charge in [0, 0.05) is 32.6 Å². The largest absolute Gasteiger partial charge is 0.378 e. The van der Waals surface area contributed by atoms with Gasteiger partial charge in [-0.25, -0.2) is 0 Å². The highest BCUT2D eigenvalue weighted by Gasteiger charge is 2.09. The number of nitrogens with zero attached hydrogens (tertiary/aromatic N) is 1. The van der Waals surface area contributed by atoms with Crippen LogP contribution in [0.4, 0.5) is 5.69 Å². The number of Topliss-reactive ketones (excluding diaryl/α,β-unsaturated/α-hetero) is 1. The van der Waals surface area contributed by atoms with Crippen LogP contribution in [0.3, 0.4) is 0 Å². The van der Waals surface area contributed by atoms with Gasteiger partial charge in [-0.1, -0.05) is 42.5 Å². The number of carbonyl (C=O) groups excluding carboxylic acids is 1. The van der Waals surface area contributed by atoms with Crippen molar-refractivity contribution in [2.45, 2.75) is 19.3 Å². The van der Waals surface area contributed by atoms with Crippen LogP contribution in [0.25, 0.3) is 6.08 Å². The fourth-order valence-electron chi connectivity index (χ4n) is 2.84. The van der Waals surface area contributed by atoms with Gasteiger partial charge in [-0.3, -0.25) is 4.79 Å². The van der Waals surface area contributed by atoms with Gasteiger partial charge in [0.1, 0.15) is 5.78 Å². The molecule has 0 aromatic heterocycles. The van der Waals surface area contributed by atoms with E-state index in [0.29, 0.717) is 12.8 Å². The third-order valence-corrected chi connectivity index (χ3v) is 4.10. The molecule has 0 heterocycles. The van der Waals surface area contributed by atoms with Gasteiger partial charge >= 0.3 is 0 Å². The lowest BCUT2D eigenvalue weighted by atomic mass is 9.99. The Morgan fingerprint density at radius 3 is 2.41 bits per heavy atom. The molecular formula is C20H21NO. The van der Waals surface area contributed by atoms with E-state index in [-0.39, 0.29) is 5.78 Å². The molecule has 2 nitrogen and oxygen atoms in total. The first-order valence-corrected chi connectivity index (χ1v) is 7.68. The van der Waals surface area contributed by atoms with E-state index < -0.39 is 0 Å². The number of carbonyl (C=O) groups is 1. The second kappa shape index (κ2) is 6.18. The monoisotopic (exact) mass is 291 g/mol. The van der Waals surface area contributed by atoms with Crippen molar-refractivity contribution in [2.24, 2.45) is 0 Å². The van der Waals surface area contributed by atoms with Crippen LogP contribution in [0, 0.1) is 0 Å². The Balaban J connectivity index is 1.63. The van der Waals surface area contributed by atoms with E-state index in [0.717, 1.165) is 23.2 Å². The third kappa shape index (κ3) is 3.28. The minimum atomic E-state index is 0.263. The van der Waals surface area contributed by atoms with Gasteiger partial charge in [-0.2, -0.15) is 0 Å². The van der Waals surface area contributed by atoms with Gasteiger partial charge in [-0.05, 0) is 40.8 Å². The van der Waals surface area contributed by atoms with E-state index >= 15 is 0 Å². The molecule has 0 spiro atoms. The highest BCUT2D eigenvalue weighted by Crippen LogP contribution is 2.21. The number of fused-ring (bicyclic) bond motifs is 1. The Labute approximate surface area is 132 Å². The van der Waals surface area contributed by atoms with Crippen LogP contribution in [-0.2, 0) is 24.1 Å². The molecule has 0 bridgehead atoms. The molecule has 2 aromatic carbocycles. The minimum absolute atomic E-state index is 0.263. The van der Waals surface area contributed by atoms with Crippen LogP contribution in [-0.4, -0.2) is 19.9 Å². The smallest absolute Gasteiger partial charge is 0.141 e. The molecule has 0 unspecified atom stereocenters. The van der Waals surface area contributed by atoms with Crippen LogP contribution in [0.2, 0.25) is 0 Å². The van der Waals surface area contributed by atoms with Crippen molar-refractivity contribution in [1.29, 1.82) is 0 Å². The third-order valence-electron chi connectivity index (χ3n) is 4.10. The molecule has 2 aromatic rings. The molecule has 3 rings (SSSR count). The quantitative estimate of drug-likeness (QED) is 0.837. The average Bonchev–Trinajstić information content (AvgIpc) is 2.95. The summed E-state index contributed by atoms with van der Waals surface area (Å²) in [5.41, 5.74) is 5.97. The SMILES string of the molecule is CN(C)c1ccc(CC(=O)Cc2ccc3c(c2)C=CC3)cc1. The normalized spacial score (nSPS) is 12.3. The second-order valence-electron chi connectivity index (χ2n) is 6.09. The lowest BCUT2D eigenvalue weighted by molar-refractivity contribution is -0.117. The van der Waals surface area contributed by atoms with Gasteiger partial charge in [0.2, 0.25) is 0 Å². The Bertz CT molecular complexity index is 711. The van der Waals surface area contributed by atoms with Gasteiger partial charge in [-0.15, -0.1) is 0 Å². The fourth-order valence-corrected chi connectivity index (χ4v) is 2.84. The summed E-state index contributed by atoms with van der Waals surface area (Å²) in [6.45, 7) is 0. The van der Waals surface area contributed by atoms with Crippen molar-refractivity contribution in [3.63, 3.8) is 0 Å². The molecule has 1 aliphatic carbocycles. The molecule has 0 N–H and O–H groups in total. The Morgan fingerprint density at radius 1 is 1.00 bits per heavy atom. The highest BCUT2D eigenvalue weighted by molar-refractivity contribution is 5.83. The number of benzene rings is 2. The Hall–Kier alpha value is -2.35. The van der Waals surface area contributed by atoms with E-state index in [1.807, 2.05) is 26.2 Å². The zero-order chi connectivity index (χ0) is 15.5. The molecule has 1 aliphatic rings. The molecule has 0 amide bonds. The molecule has 0 aliphatic heterocycles. The molecule has 0 saturated heterocycles. The van der Waals surface area contributed by atoms with Crippen molar-refractivity contribution in [3.05, 3.63) is 70.8 Å². The number of allylic oxidation sites excluding steroid dienone is 1. The minimum Gasteiger partial charge on any atom is -0.378 e. The first-order chi connectivity index (χ1) is 10.6. The van der Waals surface area contributed by atoms with Crippen LogP contribution in [0.5, 0.6) is 0 Å². The van der Waals surface area contributed by atoms with Gasteiger partial charge in [0.25, 0.3) is 0 Å². The van der Waals surface area contributed by atoms with Crippen LogP contribution >= 0.6 is 0 Å². The van der Waals surface area contributed by atoms with Crippen LogP contribution < -0.4 is 4.90 Å². The van der Waals surface area contributed by atoms with Gasteiger partial charge < -0.3 is 4.90 Å². The standard InChI is InChI=1S/C20H21NO/c1-21(2)19-10-7-15(8-11-19)13-20(22)14-16-6-9-17-4-3-5-18(17)12-16/h3,5-12H,4,13-14H2,1-2H3. The van der Waals surface area contributed by atoms with Crippen molar-refractivity contribution in [1.82, 2.24) is 0 Å². The average molecular weight is 291 g/mol. The number of ketones is 1. The summed E-state index contributed by atoms with van der Waals surface area (Å²) in [7, 11) is 4.03. The summed E-state index contributed by atoms with van der Waals surface area (Å²) in [5, 5.41) is 0. The van der Waals surface area contributed by atoms with Crippen LogP contribution in [0.1, 0.15) is 22.3 Å². The lowest BCUT2D eigenvalue weighted by Crippen LogP contribution is -2.09. The summed E-state index contributed by atoms with van der Waals surface area (Å²) >= 11 is 0. The zero-order valence-electron chi connectivity index (χ0n) is 13.2. The first-order valence-electron chi connectivity index (χ1n) is 7.68. The first kappa shape index (κ1) is 14.6. The van der Waals surface area contributed by atoms with Crippen molar-refractivity contribution < 1.29 is 4.79 Å². The zero-order valence-corrected chi connectivity index (χ0v) is 13.2. The summed E-state index contributed by atoms with van der Waals surface area (Å²) in [4.78, 5) is 14.3. The van der Waals surface area contributed by atoms with Gasteiger partial charge in [0.05, 0.1) is 0 Å². The number of hydrogen-bond acceptors (Lipinski definition) is 2.